The highest BCUT2D eigenvalue weighted by Crippen LogP contribution is 2.46. The van der Waals surface area contributed by atoms with Gasteiger partial charge in [-0.25, -0.2) is 0 Å². The topological polar surface area (TPSA) is 32.3 Å². The quantitative estimate of drug-likeness (QED) is 0.797. The Morgan fingerprint density at radius 2 is 1.85 bits per heavy atom. The van der Waals surface area contributed by atoms with Crippen LogP contribution in [0.15, 0.2) is 36.4 Å². The summed E-state index contributed by atoms with van der Waals surface area (Å²) in [6.07, 6.45) is 0.710. The van der Waals surface area contributed by atoms with Gasteiger partial charge in [0.05, 0.1) is 21.4 Å². The summed E-state index contributed by atoms with van der Waals surface area (Å²) in [6.45, 7) is 0. The van der Waals surface area contributed by atoms with E-state index in [0.717, 1.165) is 11.4 Å². The van der Waals surface area contributed by atoms with Gasteiger partial charge in [-0.15, -0.1) is 0 Å². The summed E-state index contributed by atoms with van der Waals surface area (Å²) in [7, 11) is 0. The zero-order valence-electron chi connectivity index (χ0n) is 10.4. The number of para-hydroxylation sites is 1. The molecule has 0 spiro atoms. The third-order valence-corrected chi connectivity index (χ3v) is 4.56. The van der Waals surface area contributed by atoms with Gasteiger partial charge in [-0.05, 0) is 23.8 Å². The van der Waals surface area contributed by atoms with Crippen LogP contribution in [0, 0.1) is 0 Å². The lowest BCUT2D eigenvalue weighted by atomic mass is 10.1. The molecule has 2 aliphatic rings. The first-order valence-electron chi connectivity index (χ1n) is 6.32. The Kier molecular flexibility index (Phi) is 2.50. The van der Waals surface area contributed by atoms with Gasteiger partial charge in [-0.3, -0.25) is 4.79 Å². The minimum Gasteiger partial charge on any atom is -0.327 e. The number of nitrogens with zero attached hydrogens (tertiary/aromatic N) is 1. The van der Waals surface area contributed by atoms with Crippen molar-refractivity contribution in [3.63, 3.8) is 0 Å². The van der Waals surface area contributed by atoms with Gasteiger partial charge in [-0.1, -0.05) is 41.4 Å². The predicted octanol–water partition coefficient (Wildman–Crippen LogP) is 4.01. The zero-order valence-corrected chi connectivity index (χ0v) is 11.9. The van der Waals surface area contributed by atoms with Gasteiger partial charge in [0.15, 0.2) is 0 Å². The van der Waals surface area contributed by atoms with E-state index in [9.17, 15) is 4.79 Å². The molecule has 0 saturated heterocycles. The number of rotatable bonds is 0. The number of halogens is 2. The molecule has 2 aromatic rings. The highest BCUT2D eigenvalue weighted by molar-refractivity contribution is 6.42. The molecule has 1 unspecified atom stereocenters. The second kappa shape index (κ2) is 4.14. The Hall–Kier alpha value is -1.71. The van der Waals surface area contributed by atoms with Gasteiger partial charge in [0.25, 0.3) is 0 Å². The van der Waals surface area contributed by atoms with E-state index in [1.807, 2.05) is 29.2 Å². The van der Waals surface area contributed by atoms with Crippen molar-refractivity contribution in [3.8, 4) is 0 Å². The molecule has 0 saturated carbocycles. The fourth-order valence-corrected chi connectivity index (χ4v) is 3.27. The molecule has 0 bridgehead atoms. The third-order valence-electron chi connectivity index (χ3n) is 3.83. The first kappa shape index (κ1) is 12.1. The molecule has 0 aliphatic carbocycles. The Bertz CT molecular complexity index is 745. The van der Waals surface area contributed by atoms with E-state index in [1.165, 1.54) is 5.56 Å². The molecule has 3 nitrogen and oxygen atoms in total. The standard InChI is InChI=1S/C15H10Cl2N2O/c16-9-6-11-13(7-10(9)17)19-12-4-2-1-3-8(12)5-14(19)15(20)18-11/h1-4,6-7,14H,5H2,(H,18,20). The van der Waals surface area contributed by atoms with Crippen molar-refractivity contribution in [2.75, 3.05) is 10.2 Å². The highest BCUT2D eigenvalue weighted by Gasteiger charge is 2.40. The number of anilines is 3. The first-order valence-corrected chi connectivity index (χ1v) is 7.08. The summed E-state index contributed by atoms with van der Waals surface area (Å²) in [4.78, 5) is 14.3. The maximum atomic E-state index is 12.3. The largest absolute Gasteiger partial charge is 0.327 e. The number of nitrogens with one attached hydrogen (secondary N) is 1. The molecule has 100 valence electrons. The number of carbonyl (C=O) groups is 1. The number of amides is 1. The van der Waals surface area contributed by atoms with Crippen molar-refractivity contribution in [2.45, 2.75) is 12.5 Å². The van der Waals surface area contributed by atoms with E-state index in [-0.39, 0.29) is 11.9 Å². The fourth-order valence-electron chi connectivity index (χ4n) is 2.95. The van der Waals surface area contributed by atoms with Crippen molar-refractivity contribution in [1.29, 1.82) is 0 Å². The average Bonchev–Trinajstić information content (AvgIpc) is 2.82. The van der Waals surface area contributed by atoms with Crippen LogP contribution in [0.4, 0.5) is 17.1 Å². The molecular formula is C15H10Cl2N2O. The summed E-state index contributed by atoms with van der Waals surface area (Å²) >= 11 is 12.2. The number of carbonyl (C=O) groups excluding carboxylic acids is 1. The van der Waals surface area contributed by atoms with E-state index in [4.69, 9.17) is 23.2 Å². The van der Waals surface area contributed by atoms with E-state index in [2.05, 4.69) is 11.4 Å². The Labute approximate surface area is 126 Å². The minimum atomic E-state index is -0.211. The Morgan fingerprint density at radius 3 is 2.70 bits per heavy atom. The smallest absolute Gasteiger partial charge is 0.247 e. The van der Waals surface area contributed by atoms with Crippen LogP contribution in [-0.2, 0) is 11.2 Å². The second-order valence-electron chi connectivity index (χ2n) is 4.99. The van der Waals surface area contributed by atoms with Crippen LogP contribution < -0.4 is 10.2 Å². The molecule has 1 amide bonds. The minimum absolute atomic E-state index is 0.00732. The lowest BCUT2D eigenvalue weighted by Crippen LogP contribution is -2.43. The third kappa shape index (κ3) is 1.57. The van der Waals surface area contributed by atoms with Crippen molar-refractivity contribution in [2.24, 2.45) is 0 Å². The number of hydrogen-bond donors (Lipinski definition) is 1. The normalized spacial score (nSPS) is 19.2. The van der Waals surface area contributed by atoms with E-state index >= 15 is 0 Å². The summed E-state index contributed by atoms with van der Waals surface area (Å²) in [6, 6.07) is 11.4. The Balaban J connectivity index is 1.96. The van der Waals surface area contributed by atoms with Crippen LogP contribution in [0.3, 0.4) is 0 Å². The molecule has 5 heteroatoms. The summed E-state index contributed by atoms with van der Waals surface area (Å²) in [5.41, 5.74) is 3.84. The van der Waals surface area contributed by atoms with Gasteiger partial charge in [0.2, 0.25) is 5.91 Å². The molecule has 1 N–H and O–H groups in total. The monoisotopic (exact) mass is 304 g/mol. The maximum absolute atomic E-state index is 12.3. The van der Waals surface area contributed by atoms with Gasteiger partial charge < -0.3 is 10.2 Å². The van der Waals surface area contributed by atoms with Gasteiger partial charge in [0, 0.05) is 12.1 Å². The van der Waals surface area contributed by atoms with E-state index in [1.54, 1.807) is 6.07 Å². The average molecular weight is 305 g/mol. The van der Waals surface area contributed by atoms with Crippen LogP contribution in [0.25, 0.3) is 0 Å². The van der Waals surface area contributed by atoms with Gasteiger partial charge in [-0.2, -0.15) is 0 Å². The molecule has 20 heavy (non-hydrogen) atoms. The summed E-state index contributed by atoms with van der Waals surface area (Å²) in [5.74, 6) is -0.00732. The van der Waals surface area contributed by atoms with Gasteiger partial charge in [0.1, 0.15) is 6.04 Å². The maximum Gasteiger partial charge on any atom is 0.247 e. The van der Waals surface area contributed by atoms with Crippen LogP contribution in [0.1, 0.15) is 5.56 Å². The van der Waals surface area contributed by atoms with Crippen molar-refractivity contribution < 1.29 is 4.79 Å². The van der Waals surface area contributed by atoms with Crippen LogP contribution in [0.2, 0.25) is 10.0 Å². The number of hydrogen-bond acceptors (Lipinski definition) is 2. The zero-order chi connectivity index (χ0) is 13.9. The van der Waals surface area contributed by atoms with Crippen LogP contribution in [-0.4, -0.2) is 11.9 Å². The lowest BCUT2D eigenvalue weighted by molar-refractivity contribution is -0.117. The first-order chi connectivity index (χ1) is 9.65. The molecule has 2 heterocycles. The van der Waals surface area contributed by atoms with Gasteiger partial charge >= 0.3 is 0 Å². The van der Waals surface area contributed by atoms with Crippen molar-refractivity contribution in [1.82, 2.24) is 0 Å². The molecule has 0 radical (unpaired) electrons. The lowest BCUT2D eigenvalue weighted by Gasteiger charge is -2.33. The van der Waals surface area contributed by atoms with E-state index in [0.29, 0.717) is 22.2 Å². The highest BCUT2D eigenvalue weighted by atomic mass is 35.5. The molecular weight excluding hydrogens is 295 g/mol. The molecule has 0 fully saturated rings. The van der Waals surface area contributed by atoms with Crippen molar-refractivity contribution >= 4 is 46.2 Å². The molecule has 1 atom stereocenters. The second-order valence-corrected chi connectivity index (χ2v) is 5.81. The van der Waals surface area contributed by atoms with Crippen LogP contribution in [0.5, 0.6) is 0 Å². The number of fused-ring (bicyclic) bond motifs is 5. The van der Waals surface area contributed by atoms with Crippen LogP contribution >= 0.6 is 23.2 Å². The number of benzene rings is 2. The van der Waals surface area contributed by atoms with E-state index < -0.39 is 0 Å². The summed E-state index contributed by atoms with van der Waals surface area (Å²) < 4.78 is 0. The fraction of sp³-hybridized carbons (Fsp3) is 0.133. The molecule has 4 rings (SSSR count). The SMILES string of the molecule is O=C1Nc2cc(Cl)c(Cl)cc2N2c3ccccc3CC12. The molecule has 0 aromatic heterocycles. The van der Waals surface area contributed by atoms with Crippen molar-refractivity contribution in [3.05, 3.63) is 52.0 Å². The molecule has 2 aliphatic heterocycles. The Morgan fingerprint density at radius 1 is 1.10 bits per heavy atom. The predicted molar refractivity (Wildman–Crippen MR) is 81.2 cm³/mol. The summed E-state index contributed by atoms with van der Waals surface area (Å²) in [5, 5.41) is 3.84. The molecule has 2 aromatic carbocycles.